The van der Waals surface area contributed by atoms with Crippen molar-refractivity contribution in [3.05, 3.63) is 0 Å². The maximum atomic E-state index is 3.73. The largest absolute Gasteiger partial charge is 0.113 e. The molecule has 1 aliphatic carbocycles. The molecule has 0 atom stereocenters. The van der Waals surface area contributed by atoms with Gasteiger partial charge in [-0.1, -0.05) is 20.8 Å². The Morgan fingerprint density at radius 3 is 1.82 bits per heavy atom. The van der Waals surface area contributed by atoms with Crippen LogP contribution in [0, 0.1) is 11.3 Å². The van der Waals surface area contributed by atoms with Gasteiger partial charge in [-0.05, 0) is 49.6 Å². The van der Waals surface area contributed by atoms with Crippen LogP contribution in [0.25, 0.3) is 0 Å². The highest BCUT2D eigenvalue weighted by atomic mass is 32.1. The van der Waals surface area contributed by atoms with Crippen molar-refractivity contribution < 1.29 is 0 Å². The molecule has 66 valence electrons. The second-order valence-corrected chi connectivity index (χ2v) is 5.73. The van der Waals surface area contributed by atoms with Gasteiger partial charge in [-0.2, -0.15) is 0 Å². The highest BCUT2D eigenvalue weighted by Crippen LogP contribution is 2.37. The van der Waals surface area contributed by atoms with Crippen LogP contribution in [-0.2, 0) is 12.6 Å². The van der Waals surface area contributed by atoms with Crippen molar-refractivity contribution >= 4 is 12.6 Å². The van der Waals surface area contributed by atoms with Crippen LogP contribution in [0.3, 0.4) is 0 Å². The SMILES string of the molecule is CC(C)(C)C1CCC([SH2+])CC1. The molecule has 1 heteroatoms. The highest BCUT2D eigenvalue weighted by molar-refractivity contribution is 7.59. The van der Waals surface area contributed by atoms with Crippen molar-refractivity contribution in [3.8, 4) is 0 Å². The fraction of sp³-hybridized carbons (Fsp3) is 1.00. The molecule has 1 rings (SSSR count). The average Bonchev–Trinajstić information content (AvgIpc) is 1.86. The average molecular weight is 173 g/mol. The number of hydrogen-bond acceptors (Lipinski definition) is 0. The molecule has 0 saturated heterocycles. The third kappa shape index (κ3) is 2.70. The van der Waals surface area contributed by atoms with Crippen molar-refractivity contribution in [2.45, 2.75) is 51.7 Å². The predicted molar refractivity (Wildman–Crippen MR) is 55.4 cm³/mol. The van der Waals surface area contributed by atoms with Crippen molar-refractivity contribution in [2.75, 3.05) is 0 Å². The van der Waals surface area contributed by atoms with E-state index >= 15 is 0 Å². The minimum Gasteiger partial charge on any atom is -0.0599 e. The summed E-state index contributed by atoms with van der Waals surface area (Å²) in [5, 5.41) is 0.800. The van der Waals surface area contributed by atoms with Gasteiger partial charge < -0.3 is 0 Å². The molecule has 1 fully saturated rings. The van der Waals surface area contributed by atoms with Gasteiger partial charge in [0, 0.05) is 0 Å². The Bertz CT molecular complexity index is 115. The maximum Gasteiger partial charge on any atom is 0.113 e. The third-order valence-corrected chi connectivity index (χ3v) is 3.53. The maximum absolute atomic E-state index is 3.73. The van der Waals surface area contributed by atoms with E-state index in [9.17, 15) is 0 Å². The lowest BCUT2D eigenvalue weighted by molar-refractivity contribution is 0.182. The molecule has 0 nitrogen and oxygen atoms in total. The molecule has 0 unspecified atom stereocenters. The van der Waals surface area contributed by atoms with E-state index in [4.69, 9.17) is 0 Å². The standard InChI is InChI=1S/C10H20S/c1-10(2,3)8-4-6-9(11)7-5-8/h8-9,11H,4-7H2,1-3H3/p+1. The van der Waals surface area contributed by atoms with Crippen LogP contribution >= 0.6 is 0 Å². The van der Waals surface area contributed by atoms with Gasteiger partial charge in [0.25, 0.3) is 0 Å². The van der Waals surface area contributed by atoms with Crippen molar-refractivity contribution in [1.29, 1.82) is 0 Å². The molecule has 0 aliphatic heterocycles. The fourth-order valence-corrected chi connectivity index (χ4v) is 2.29. The van der Waals surface area contributed by atoms with Gasteiger partial charge in [0.05, 0.1) is 0 Å². The second-order valence-electron chi connectivity index (χ2n) is 4.91. The minimum absolute atomic E-state index is 0.534. The fourth-order valence-electron chi connectivity index (χ4n) is 1.96. The Labute approximate surface area is 76.2 Å². The molecule has 0 radical (unpaired) electrons. The molecule has 0 bridgehead atoms. The molecule has 0 heterocycles. The normalized spacial score (nSPS) is 33.8. The van der Waals surface area contributed by atoms with E-state index in [1.165, 1.54) is 25.7 Å². The lowest BCUT2D eigenvalue weighted by Gasteiger charge is -2.34. The topological polar surface area (TPSA) is 0 Å². The van der Waals surface area contributed by atoms with Crippen molar-refractivity contribution in [3.63, 3.8) is 0 Å². The van der Waals surface area contributed by atoms with E-state index in [2.05, 4.69) is 33.4 Å². The predicted octanol–water partition coefficient (Wildman–Crippen LogP) is 2.60. The van der Waals surface area contributed by atoms with Crippen molar-refractivity contribution in [1.82, 2.24) is 0 Å². The summed E-state index contributed by atoms with van der Waals surface area (Å²) in [5.41, 5.74) is 0.534. The first-order valence-corrected chi connectivity index (χ1v) is 5.29. The van der Waals surface area contributed by atoms with Crippen molar-refractivity contribution in [2.24, 2.45) is 11.3 Å². The van der Waals surface area contributed by atoms with Crippen LogP contribution in [0.2, 0.25) is 0 Å². The van der Waals surface area contributed by atoms with Gasteiger partial charge in [0.15, 0.2) is 0 Å². The molecule has 0 aromatic rings. The monoisotopic (exact) mass is 173 g/mol. The van der Waals surface area contributed by atoms with Crippen LogP contribution in [0.15, 0.2) is 0 Å². The molecular weight excluding hydrogens is 152 g/mol. The zero-order chi connectivity index (χ0) is 8.48. The first-order chi connectivity index (χ1) is 5.00. The molecule has 1 saturated carbocycles. The summed E-state index contributed by atoms with van der Waals surface area (Å²) in [7, 11) is 0. The summed E-state index contributed by atoms with van der Waals surface area (Å²) in [6, 6.07) is 0. The van der Waals surface area contributed by atoms with E-state index in [-0.39, 0.29) is 0 Å². The smallest absolute Gasteiger partial charge is 0.0599 e. The van der Waals surface area contributed by atoms with E-state index in [0.717, 1.165) is 11.2 Å². The van der Waals surface area contributed by atoms with Gasteiger partial charge in [-0.3, -0.25) is 0 Å². The zero-order valence-electron chi connectivity index (χ0n) is 7.98. The molecule has 0 N–H and O–H groups in total. The summed E-state index contributed by atoms with van der Waals surface area (Å²) < 4.78 is 0. The zero-order valence-corrected chi connectivity index (χ0v) is 8.98. The van der Waals surface area contributed by atoms with Gasteiger partial charge >= 0.3 is 0 Å². The Balaban J connectivity index is 2.39. The summed E-state index contributed by atoms with van der Waals surface area (Å²) in [4.78, 5) is 0. The van der Waals surface area contributed by atoms with Crippen LogP contribution < -0.4 is 0 Å². The van der Waals surface area contributed by atoms with Gasteiger partial charge in [-0.15, -0.1) is 0 Å². The molecule has 0 spiro atoms. The number of rotatable bonds is 0. The van der Waals surface area contributed by atoms with Gasteiger partial charge in [0.2, 0.25) is 0 Å². The molecular formula is C10H21S+. The van der Waals surface area contributed by atoms with E-state index < -0.39 is 0 Å². The summed E-state index contributed by atoms with van der Waals surface area (Å²) >= 11 is 3.73. The molecule has 0 aromatic heterocycles. The molecule has 1 aliphatic rings. The first-order valence-electron chi connectivity index (χ1n) is 4.71. The summed E-state index contributed by atoms with van der Waals surface area (Å²) in [5.74, 6) is 0.954. The Morgan fingerprint density at radius 2 is 1.45 bits per heavy atom. The van der Waals surface area contributed by atoms with E-state index in [1.807, 2.05) is 0 Å². The van der Waals surface area contributed by atoms with Gasteiger partial charge in [0.1, 0.15) is 5.25 Å². The first kappa shape index (κ1) is 9.44. The second kappa shape index (κ2) is 3.38. The quantitative estimate of drug-likeness (QED) is 0.494. The van der Waals surface area contributed by atoms with Crippen LogP contribution in [-0.4, -0.2) is 5.25 Å². The lowest BCUT2D eigenvalue weighted by Crippen LogP contribution is -2.26. The molecule has 0 amide bonds. The van der Waals surface area contributed by atoms with Crippen LogP contribution in [0.5, 0.6) is 0 Å². The van der Waals surface area contributed by atoms with E-state index in [1.54, 1.807) is 0 Å². The number of hydrogen-bond donors (Lipinski definition) is 0. The third-order valence-electron chi connectivity index (χ3n) is 2.95. The molecule has 0 aromatic carbocycles. The van der Waals surface area contributed by atoms with E-state index in [0.29, 0.717) is 5.41 Å². The Hall–Kier alpha value is 0.350. The molecule has 11 heavy (non-hydrogen) atoms. The van der Waals surface area contributed by atoms with Crippen LogP contribution in [0.1, 0.15) is 46.5 Å². The summed E-state index contributed by atoms with van der Waals surface area (Å²) in [6.45, 7) is 7.10. The highest BCUT2D eigenvalue weighted by Gasteiger charge is 2.29. The Kier molecular flexibility index (Phi) is 2.90. The summed E-state index contributed by atoms with van der Waals surface area (Å²) in [6.07, 6.45) is 5.58. The lowest BCUT2D eigenvalue weighted by atomic mass is 9.72. The van der Waals surface area contributed by atoms with Gasteiger partial charge in [-0.25, -0.2) is 0 Å². The van der Waals surface area contributed by atoms with Crippen LogP contribution in [0.4, 0.5) is 0 Å². The Morgan fingerprint density at radius 1 is 1.00 bits per heavy atom. The minimum atomic E-state index is 0.534.